The number of benzene rings is 2. The van der Waals surface area contributed by atoms with Gasteiger partial charge in [-0.1, -0.05) is 6.07 Å². The van der Waals surface area contributed by atoms with Crippen LogP contribution in [0, 0.1) is 0 Å². The van der Waals surface area contributed by atoms with Crippen LogP contribution in [0.5, 0.6) is 17.2 Å². The van der Waals surface area contributed by atoms with Gasteiger partial charge in [0.1, 0.15) is 11.4 Å². The Kier molecular flexibility index (Phi) is 5.68. The lowest BCUT2D eigenvalue weighted by Crippen LogP contribution is -2.36. The van der Waals surface area contributed by atoms with Gasteiger partial charge in [0.05, 0.1) is 31.6 Å². The summed E-state index contributed by atoms with van der Waals surface area (Å²) in [5, 5.41) is 17.7. The Morgan fingerprint density at radius 1 is 1.24 bits per heavy atom. The van der Waals surface area contributed by atoms with Crippen LogP contribution in [0.25, 0.3) is 11.3 Å². The molecule has 1 amide bonds. The number of fused-ring (bicyclic) bond motifs is 1. The molecule has 8 nitrogen and oxygen atoms in total. The molecule has 0 spiro atoms. The van der Waals surface area contributed by atoms with Crippen molar-refractivity contribution in [2.24, 2.45) is 0 Å². The minimum absolute atomic E-state index is 0.00123. The van der Waals surface area contributed by atoms with E-state index in [0.29, 0.717) is 30.3 Å². The molecular formula is C25H27N3O5. The highest BCUT2D eigenvalue weighted by molar-refractivity contribution is 6.00. The molecule has 172 valence electrons. The maximum atomic E-state index is 13.5. The van der Waals surface area contributed by atoms with E-state index in [-0.39, 0.29) is 23.8 Å². The molecule has 1 fully saturated rings. The fourth-order valence-electron chi connectivity index (χ4n) is 4.68. The predicted molar refractivity (Wildman–Crippen MR) is 122 cm³/mol. The molecule has 0 saturated carbocycles. The molecule has 2 atom stereocenters. The first-order valence-electron chi connectivity index (χ1n) is 11.2. The van der Waals surface area contributed by atoms with Crippen LogP contribution in [-0.4, -0.2) is 59.1 Å². The van der Waals surface area contributed by atoms with Crippen molar-refractivity contribution in [3.63, 3.8) is 0 Å². The molecule has 2 N–H and O–H groups in total. The molecule has 2 aliphatic heterocycles. The Morgan fingerprint density at radius 2 is 2.06 bits per heavy atom. The summed E-state index contributed by atoms with van der Waals surface area (Å²) in [5.74, 6) is 1.10. The van der Waals surface area contributed by atoms with E-state index in [1.165, 1.54) is 0 Å². The third-order valence-corrected chi connectivity index (χ3v) is 6.25. The fourth-order valence-corrected chi connectivity index (χ4v) is 4.68. The van der Waals surface area contributed by atoms with Crippen molar-refractivity contribution in [1.82, 2.24) is 15.1 Å². The lowest BCUT2D eigenvalue weighted by Gasteiger charge is -2.29. The second kappa shape index (κ2) is 8.78. The van der Waals surface area contributed by atoms with E-state index in [1.807, 2.05) is 42.2 Å². The smallest absolute Gasteiger partial charge is 0.273 e. The Balaban J connectivity index is 1.61. The zero-order valence-corrected chi connectivity index (χ0v) is 18.7. The first-order chi connectivity index (χ1) is 16.1. The van der Waals surface area contributed by atoms with Crippen molar-refractivity contribution in [2.45, 2.75) is 31.9 Å². The van der Waals surface area contributed by atoms with Gasteiger partial charge in [-0.15, -0.1) is 0 Å². The molecule has 2 unspecified atom stereocenters. The number of H-pyrrole nitrogens is 1. The minimum atomic E-state index is -0.382. The molecule has 0 radical (unpaired) electrons. The number of hydrogen-bond donors (Lipinski definition) is 2. The number of carbonyl (C=O) groups excluding carboxylic acids is 1. The van der Waals surface area contributed by atoms with Crippen LogP contribution in [0.15, 0.2) is 42.5 Å². The van der Waals surface area contributed by atoms with Crippen LogP contribution >= 0.6 is 0 Å². The summed E-state index contributed by atoms with van der Waals surface area (Å²) >= 11 is 0. The number of carbonyl (C=O) groups is 1. The first kappa shape index (κ1) is 21.3. The summed E-state index contributed by atoms with van der Waals surface area (Å²) in [6, 6.07) is 12.5. The fraction of sp³-hybridized carbons (Fsp3) is 0.360. The molecule has 1 saturated heterocycles. The van der Waals surface area contributed by atoms with Crippen LogP contribution in [0.1, 0.15) is 47.4 Å². The molecule has 0 bridgehead atoms. The highest BCUT2D eigenvalue weighted by Gasteiger charge is 2.43. The van der Waals surface area contributed by atoms with Crippen molar-refractivity contribution in [1.29, 1.82) is 0 Å². The second-order valence-corrected chi connectivity index (χ2v) is 8.24. The third-order valence-electron chi connectivity index (χ3n) is 6.25. The van der Waals surface area contributed by atoms with Gasteiger partial charge in [-0.2, -0.15) is 5.10 Å². The van der Waals surface area contributed by atoms with Crippen molar-refractivity contribution in [3.05, 3.63) is 59.3 Å². The first-order valence-corrected chi connectivity index (χ1v) is 11.2. The monoisotopic (exact) mass is 449 g/mol. The molecule has 1 aromatic heterocycles. The van der Waals surface area contributed by atoms with E-state index in [9.17, 15) is 9.90 Å². The molecule has 0 aliphatic carbocycles. The van der Waals surface area contributed by atoms with Gasteiger partial charge in [-0.3, -0.25) is 9.89 Å². The number of aromatic amines is 1. The predicted octanol–water partition coefficient (Wildman–Crippen LogP) is 3.91. The largest absolute Gasteiger partial charge is 0.504 e. The molecule has 33 heavy (non-hydrogen) atoms. The average Bonchev–Trinajstić information content (AvgIpc) is 3.55. The van der Waals surface area contributed by atoms with Gasteiger partial charge in [-0.05, 0) is 61.7 Å². The number of rotatable bonds is 7. The van der Waals surface area contributed by atoms with Crippen LogP contribution in [0.4, 0.5) is 0 Å². The number of hydrogen-bond acceptors (Lipinski definition) is 6. The third kappa shape index (κ3) is 3.80. The molecule has 2 aliphatic rings. The maximum absolute atomic E-state index is 13.5. The number of phenols is 1. The van der Waals surface area contributed by atoms with Gasteiger partial charge in [0.25, 0.3) is 5.91 Å². The van der Waals surface area contributed by atoms with Crippen molar-refractivity contribution in [2.75, 3.05) is 26.9 Å². The molecular weight excluding hydrogens is 422 g/mol. The summed E-state index contributed by atoms with van der Waals surface area (Å²) in [5.41, 5.74) is 3.74. The minimum Gasteiger partial charge on any atom is -0.504 e. The number of methoxy groups -OCH3 is 1. The molecule has 3 aromatic rings. The molecule has 8 heteroatoms. The van der Waals surface area contributed by atoms with Gasteiger partial charge in [0.2, 0.25) is 0 Å². The van der Waals surface area contributed by atoms with E-state index >= 15 is 0 Å². The van der Waals surface area contributed by atoms with Gasteiger partial charge >= 0.3 is 0 Å². The quantitative estimate of drug-likeness (QED) is 0.568. The van der Waals surface area contributed by atoms with E-state index in [2.05, 4.69) is 10.2 Å². The zero-order chi connectivity index (χ0) is 22.9. The normalized spacial score (nSPS) is 19.7. The lowest BCUT2D eigenvalue weighted by molar-refractivity contribution is 0.0495. The maximum Gasteiger partial charge on any atom is 0.273 e. The number of ether oxygens (including phenoxy) is 3. The molecule has 2 aromatic carbocycles. The Morgan fingerprint density at radius 3 is 2.76 bits per heavy atom. The number of phenolic OH excluding ortho intramolecular Hbond substituents is 1. The van der Waals surface area contributed by atoms with Crippen LogP contribution in [0.2, 0.25) is 0 Å². The topological polar surface area (TPSA) is 96.9 Å². The van der Waals surface area contributed by atoms with Crippen LogP contribution < -0.4 is 9.47 Å². The van der Waals surface area contributed by atoms with E-state index in [4.69, 9.17) is 14.2 Å². The summed E-state index contributed by atoms with van der Waals surface area (Å²) in [6.45, 7) is 3.49. The number of aromatic hydroxyl groups is 1. The van der Waals surface area contributed by atoms with E-state index in [1.54, 1.807) is 19.2 Å². The Hall–Kier alpha value is -3.52. The van der Waals surface area contributed by atoms with E-state index < -0.39 is 0 Å². The Bertz CT molecular complexity index is 1150. The number of nitrogens with one attached hydrogen (secondary N) is 1. The van der Waals surface area contributed by atoms with Gasteiger partial charge in [0, 0.05) is 24.3 Å². The summed E-state index contributed by atoms with van der Waals surface area (Å²) in [6.07, 6.45) is 1.92. The summed E-state index contributed by atoms with van der Waals surface area (Å²) < 4.78 is 16.8. The highest BCUT2D eigenvalue weighted by Crippen LogP contribution is 2.45. The van der Waals surface area contributed by atoms with Crippen LogP contribution in [-0.2, 0) is 4.74 Å². The van der Waals surface area contributed by atoms with Gasteiger partial charge < -0.3 is 24.2 Å². The number of aromatic nitrogens is 2. The van der Waals surface area contributed by atoms with Crippen LogP contribution in [0.3, 0.4) is 0 Å². The van der Waals surface area contributed by atoms with E-state index in [0.717, 1.165) is 41.9 Å². The summed E-state index contributed by atoms with van der Waals surface area (Å²) in [4.78, 5) is 15.3. The number of nitrogens with zero attached hydrogens (tertiary/aromatic N) is 2. The Labute approximate surface area is 192 Å². The summed E-state index contributed by atoms with van der Waals surface area (Å²) in [7, 11) is 1.62. The second-order valence-electron chi connectivity index (χ2n) is 8.24. The van der Waals surface area contributed by atoms with Crippen molar-refractivity contribution < 1.29 is 24.1 Å². The SMILES string of the molecule is CCOc1cc(C2c3c(-c4ccc(OC)cc4)n[nH]c3C(=O)N2CC2CCCO2)ccc1O. The molecule has 5 rings (SSSR count). The lowest BCUT2D eigenvalue weighted by atomic mass is 9.95. The van der Waals surface area contributed by atoms with Gasteiger partial charge in [0.15, 0.2) is 11.5 Å². The molecule has 3 heterocycles. The van der Waals surface area contributed by atoms with Crippen molar-refractivity contribution >= 4 is 5.91 Å². The number of amides is 1. The zero-order valence-electron chi connectivity index (χ0n) is 18.7. The van der Waals surface area contributed by atoms with Crippen molar-refractivity contribution in [3.8, 4) is 28.5 Å². The average molecular weight is 450 g/mol. The highest BCUT2D eigenvalue weighted by atomic mass is 16.5. The van der Waals surface area contributed by atoms with Gasteiger partial charge in [-0.25, -0.2) is 0 Å². The standard InChI is InChI=1S/C25H27N3O5/c1-3-32-20-13-16(8-11-19(20)29)24-21-22(15-6-9-17(31-2)10-7-15)26-27-23(21)25(30)28(24)14-18-5-4-12-33-18/h6-11,13,18,24,29H,3-5,12,14H2,1-2H3,(H,26,27).